The van der Waals surface area contributed by atoms with Gasteiger partial charge in [0.15, 0.2) is 0 Å². The number of aromatic nitrogens is 1. The van der Waals surface area contributed by atoms with Crippen LogP contribution in [0.4, 0.5) is 0 Å². The summed E-state index contributed by atoms with van der Waals surface area (Å²) in [5, 5.41) is 0. The van der Waals surface area contributed by atoms with E-state index < -0.39 is 0 Å². The number of carbonyl (C=O) groups is 1. The predicted octanol–water partition coefficient (Wildman–Crippen LogP) is 0.430. The van der Waals surface area contributed by atoms with Crippen molar-refractivity contribution in [2.45, 2.75) is 38.3 Å². The number of carbonyl (C=O) groups excluding carboxylic acids is 1. The van der Waals surface area contributed by atoms with Crippen molar-refractivity contribution in [3.8, 4) is 0 Å². The van der Waals surface area contributed by atoms with Gasteiger partial charge >= 0.3 is 0 Å². The summed E-state index contributed by atoms with van der Waals surface area (Å²) in [6.07, 6.45) is 4.93. The van der Waals surface area contributed by atoms with Crippen LogP contribution in [0.5, 0.6) is 0 Å². The largest absolute Gasteiger partial charge is 0.339 e. The molecule has 0 unspecified atom stereocenters. The van der Waals surface area contributed by atoms with Crippen LogP contribution in [0, 0.1) is 0 Å². The lowest BCUT2D eigenvalue weighted by atomic mass is 9.91. The van der Waals surface area contributed by atoms with Gasteiger partial charge in [0.25, 0.3) is 0 Å². The lowest BCUT2D eigenvalue weighted by Crippen LogP contribution is -2.55. The Balaban J connectivity index is 1.30. The van der Waals surface area contributed by atoms with Crippen LogP contribution >= 0.6 is 0 Å². The Morgan fingerprint density at radius 1 is 1.12 bits per heavy atom. The molecule has 6 heteroatoms. The SMILES string of the molecule is O=C(CN1CCc2ccc(=O)[nH]c2C1)N1CCN(C2CCC2)CC1. The lowest BCUT2D eigenvalue weighted by Gasteiger charge is -2.43. The minimum Gasteiger partial charge on any atom is -0.339 e. The molecule has 0 aromatic carbocycles. The summed E-state index contributed by atoms with van der Waals surface area (Å²) in [6.45, 7) is 5.76. The number of H-pyrrole nitrogens is 1. The summed E-state index contributed by atoms with van der Waals surface area (Å²) in [6, 6.07) is 4.27. The van der Waals surface area contributed by atoms with Gasteiger partial charge in [-0.05, 0) is 24.8 Å². The Kier molecular flexibility index (Phi) is 4.41. The molecule has 2 fully saturated rings. The van der Waals surface area contributed by atoms with Crippen LogP contribution < -0.4 is 5.56 Å². The van der Waals surface area contributed by atoms with Gasteiger partial charge in [-0.1, -0.05) is 12.5 Å². The second kappa shape index (κ2) is 6.69. The highest BCUT2D eigenvalue weighted by atomic mass is 16.2. The second-order valence-electron chi connectivity index (χ2n) is 7.29. The number of fused-ring (bicyclic) bond motifs is 1. The number of piperazine rings is 1. The molecule has 1 saturated carbocycles. The standard InChI is InChI=1S/C18H26N4O2/c23-17-5-4-14-6-7-20(12-16(14)19-17)13-18(24)22-10-8-21(9-11-22)15-2-1-3-15/h4-5,15H,1-3,6-13H2,(H,19,23). The van der Waals surface area contributed by atoms with Crippen molar-refractivity contribution in [2.24, 2.45) is 0 Å². The van der Waals surface area contributed by atoms with E-state index in [0.717, 1.165) is 50.9 Å². The summed E-state index contributed by atoms with van der Waals surface area (Å²) < 4.78 is 0. The fourth-order valence-corrected chi connectivity index (χ4v) is 4.02. The smallest absolute Gasteiger partial charge is 0.248 e. The first-order chi connectivity index (χ1) is 11.7. The van der Waals surface area contributed by atoms with Crippen molar-refractivity contribution in [3.63, 3.8) is 0 Å². The number of rotatable bonds is 3. The highest BCUT2D eigenvalue weighted by molar-refractivity contribution is 5.78. The van der Waals surface area contributed by atoms with Gasteiger partial charge in [-0.15, -0.1) is 0 Å². The van der Waals surface area contributed by atoms with Crippen LogP contribution in [0.2, 0.25) is 0 Å². The monoisotopic (exact) mass is 330 g/mol. The number of hydrogen-bond donors (Lipinski definition) is 1. The first-order valence-corrected chi connectivity index (χ1v) is 9.14. The van der Waals surface area contributed by atoms with Gasteiger partial charge in [0, 0.05) is 57.1 Å². The average Bonchev–Trinajstić information content (AvgIpc) is 2.53. The van der Waals surface area contributed by atoms with Gasteiger partial charge < -0.3 is 9.88 Å². The van der Waals surface area contributed by atoms with Crippen molar-refractivity contribution >= 4 is 5.91 Å². The number of nitrogens with zero attached hydrogens (tertiary/aromatic N) is 3. The average molecular weight is 330 g/mol. The summed E-state index contributed by atoms with van der Waals surface area (Å²) >= 11 is 0. The minimum atomic E-state index is -0.0611. The summed E-state index contributed by atoms with van der Waals surface area (Å²) in [4.78, 5) is 33.7. The van der Waals surface area contributed by atoms with E-state index in [1.807, 2.05) is 11.0 Å². The van der Waals surface area contributed by atoms with E-state index in [0.29, 0.717) is 13.1 Å². The van der Waals surface area contributed by atoms with Crippen molar-refractivity contribution in [1.82, 2.24) is 19.7 Å². The quantitative estimate of drug-likeness (QED) is 0.873. The van der Waals surface area contributed by atoms with Crippen LogP contribution in [-0.4, -0.2) is 70.9 Å². The normalized spacial score (nSPS) is 22.9. The predicted molar refractivity (Wildman–Crippen MR) is 91.8 cm³/mol. The maximum absolute atomic E-state index is 12.6. The Bertz CT molecular complexity index is 659. The Labute approximate surface area is 142 Å². The van der Waals surface area contributed by atoms with Gasteiger partial charge in [0.1, 0.15) is 0 Å². The van der Waals surface area contributed by atoms with Crippen LogP contribution in [0.15, 0.2) is 16.9 Å². The molecule has 1 aromatic heterocycles. The van der Waals surface area contributed by atoms with E-state index in [1.165, 1.54) is 24.8 Å². The molecule has 0 spiro atoms. The Hall–Kier alpha value is -1.66. The van der Waals surface area contributed by atoms with E-state index >= 15 is 0 Å². The van der Waals surface area contributed by atoms with E-state index in [2.05, 4.69) is 14.8 Å². The number of aromatic amines is 1. The van der Waals surface area contributed by atoms with Crippen molar-refractivity contribution < 1.29 is 4.79 Å². The minimum absolute atomic E-state index is 0.0611. The maximum Gasteiger partial charge on any atom is 0.248 e. The molecule has 1 aliphatic carbocycles. The molecular formula is C18H26N4O2. The van der Waals surface area contributed by atoms with E-state index in [4.69, 9.17) is 0 Å². The molecule has 0 radical (unpaired) electrons. The van der Waals surface area contributed by atoms with E-state index in [-0.39, 0.29) is 11.5 Å². The van der Waals surface area contributed by atoms with Crippen LogP contribution in [0.3, 0.4) is 0 Å². The van der Waals surface area contributed by atoms with E-state index in [1.54, 1.807) is 6.07 Å². The van der Waals surface area contributed by atoms with Crippen molar-refractivity contribution in [1.29, 1.82) is 0 Å². The fraction of sp³-hybridized carbons (Fsp3) is 0.667. The van der Waals surface area contributed by atoms with Crippen molar-refractivity contribution in [2.75, 3.05) is 39.3 Å². The van der Waals surface area contributed by atoms with Crippen LogP contribution in [-0.2, 0) is 17.8 Å². The molecule has 2 aliphatic heterocycles. The Morgan fingerprint density at radius 2 is 1.92 bits per heavy atom. The molecule has 6 nitrogen and oxygen atoms in total. The highest BCUT2D eigenvalue weighted by Gasteiger charge is 2.30. The van der Waals surface area contributed by atoms with Gasteiger partial charge in [-0.2, -0.15) is 0 Å². The molecule has 24 heavy (non-hydrogen) atoms. The first kappa shape index (κ1) is 15.8. The fourth-order valence-electron chi connectivity index (χ4n) is 4.02. The Morgan fingerprint density at radius 3 is 2.62 bits per heavy atom. The number of nitrogens with one attached hydrogen (secondary N) is 1. The number of hydrogen-bond acceptors (Lipinski definition) is 4. The molecule has 1 saturated heterocycles. The van der Waals surface area contributed by atoms with Gasteiger partial charge in [-0.25, -0.2) is 0 Å². The molecular weight excluding hydrogens is 304 g/mol. The van der Waals surface area contributed by atoms with Crippen LogP contribution in [0.1, 0.15) is 30.5 Å². The number of pyridine rings is 1. The summed E-state index contributed by atoms with van der Waals surface area (Å²) in [7, 11) is 0. The molecule has 1 amide bonds. The van der Waals surface area contributed by atoms with Crippen LogP contribution in [0.25, 0.3) is 0 Å². The maximum atomic E-state index is 12.6. The molecule has 130 valence electrons. The van der Waals surface area contributed by atoms with Gasteiger partial charge in [-0.3, -0.25) is 19.4 Å². The highest BCUT2D eigenvalue weighted by Crippen LogP contribution is 2.25. The molecule has 0 atom stereocenters. The molecule has 3 aliphatic rings. The lowest BCUT2D eigenvalue weighted by molar-refractivity contribution is -0.135. The second-order valence-corrected chi connectivity index (χ2v) is 7.29. The molecule has 1 N–H and O–H groups in total. The third-order valence-electron chi connectivity index (χ3n) is 5.79. The van der Waals surface area contributed by atoms with Crippen molar-refractivity contribution in [3.05, 3.63) is 33.7 Å². The zero-order valence-electron chi connectivity index (χ0n) is 14.2. The summed E-state index contributed by atoms with van der Waals surface area (Å²) in [5.41, 5.74) is 2.11. The first-order valence-electron chi connectivity index (χ1n) is 9.14. The van der Waals surface area contributed by atoms with Gasteiger partial charge in [0.2, 0.25) is 11.5 Å². The third-order valence-corrected chi connectivity index (χ3v) is 5.79. The zero-order valence-corrected chi connectivity index (χ0v) is 14.2. The summed E-state index contributed by atoms with van der Waals surface area (Å²) in [5.74, 6) is 0.227. The topological polar surface area (TPSA) is 59.7 Å². The molecule has 0 bridgehead atoms. The molecule has 4 rings (SSSR count). The van der Waals surface area contributed by atoms with E-state index in [9.17, 15) is 9.59 Å². The zero-order chi connectivity index (χ0) is 16.5. The molecule has 1 aromatic rings. The number of amides is 1. The third kappa shape index (κ3) is 3.26. The van der Waals surface area contributed by atoms with Gasteiger partial charge in [0.05, 0.1) is 6.54 Å². The molecule has 3 heterocycles.